The van der Waals surface area contributed by atoms with Crippen LogP contribution in [0.3, 0.4) is 0 Å². The molecule has 0 atom stereocenters. The third-order valence-electron chi connectivity index (χ3n) is 4.50. The minimum Gasteiger partial charge on any atom is -0.433 e. The van der Waals surface area contributed by atoms with Crippen molar-refractivity contribution in [2.45, 2.75) is 12.8 Å². The topological polar surface area (TPSA) is 68.5 Å². The van der Waals surface area contributed by atoms with Gasteiger partial charge in [-0.2, -0.15) is 27.1 Å². The first kappa shape index (κ1) is 23.4. The van der Waals surface area contributed by atoms with E-state index in [2.05, 4.69) is 20.1 Å². The van der Waals surface area contributed by atoms with E-state index < -0.39 is 35.9 Å². The van der Waals surface area contributed by atoms with Gasteiger partial charge in [-0.3, -0.25) is 4.79 Å². The highest BCUT2D eigenvalue weighted by molar-refractivity contribution is 6.32. The van der Waals surface area contributed by atoms with Crippen molar-refractivity contribution in [2.75, 3.05) is 5.32 Å². The van der Waals surface area contributed by atoms with Crippen LogP contribution in [0.4, 0.5) is 32.0 Å². The van der Waals surface area contributed by atoms with Gasteiger partial charge in [-0.1, -0.05) is 11.6 Å². The lowest BCUT2D eigenvalue weighted by Gasteiger charge is -2.11. The van der Waals surface area contributed by atoms with E-state index in [-0.39, 0.29) is 33.4 Å². The molecule has 34 heavy (non-hydrogen) atoms. The van der Waals surface area contributed by atoms with E-state index in [1.54, 1.807) is 0 Å². The number of anilines is 1. The third kappa shape index (κ3) is 4.91. The number of fused-ring (bicyclic) bond motifs is 1. The van der Waals surface area contributed by atoms with Crippen LogP contribution in [0.15, 0.2) is 54.6 Å². The number of nitrogens with zero attached hydrogens (tertiary/aromatic N) is 3. The summed E-state index contributed by atoms with van der Waals surface area (Å²) in [5, 5.41) is 5.84. The number of alkyl halides is 5. The molecule has 0 unspecified atom stereocenters. The van der Waals surface area contributed by atoms with Crippen molar-refractivity contribution in [1.82, 2.24) is 14.6 Å². The molecule has 0 saturated heterocycles. The Morgan fingerprint density at radius 3 is 2.38 bits per heavy atom. The number of halogens is 7. The lowest BCUT2D eigenvalue weighted by Crippen LogP contribution is -2.15. The molecule has 13 heteroatoms. The molecule has 2 aromatic carbocycles. The summed E-state index contributed by atoms with van der Waals surface area (Å²) < 4.78 is 83.6. The predicted molar refractivity (Wildman–Crippen MR) is 109 cm³/mol. The summed E-state index contributed by atoms with van der Waals surface area (Å²) in [5.74, 6) is -1.80. The van der Waals surface area contributed by atoms with Crippen LogP contribution in [-0.4, -0.2) is 27.1 Å². The number of amides is 1. The fourth-order valence-electron chi connectivity index (χ4n) is 3.02. The molecule has 0 spiro atoms. The van der Waals surface area contributed by atoms with Crippen LogP contribution < -0.4 is 10.1 Å². The van der Waals surface area contributed by atoms with E-state index in [9.17, 15) is 31.1 Å². The summed E-state index contributed by atoms with van der Waals surface area (Å²) in [4.78, 5) is 16.7. The molecule has 1 N–H and O–H groups in total. The Balaban J connectivity index is 1.69. The number of carbonyl (C=O) groups excluding carboxylic acids is 1. The van der Waals surface area contributed by atoms with Crippen molar-refractivity contribution < 1.29 is 35.9 Å². The van der Waals surface area contributed by atoms with Gasteiger partial charge in [0.05, 0.1) is 10.7 Å². The Hall–Kier alpha value is -3.80. The largest absolute Gasteiger partial charge is 0.433 e. The number of ether oxygens (including phenoxy) is 1. The Kier molecular flexibility index (Phi) is 6.09. The second-order valence-electron chi connectivity index (χ2n) is 6.81. The Morgan fingerprint density at radius 2 is 1.76 bits per heavy atom. The van der Waals surface area contributed by atoms with Crippen LogP contribution in [-0.2, 0) is 6.18 Å². The Morgan fingerprint density at radius 1 is 1.06 bits per heavy atom. The van der Waals surface area contributed by atoms with Gasteiger partial charge >= 0.3 is 12.8 Å². The standard InChI is InChI=1S/C21H11ClF6N4O2/c22-13-7-12(5-6-16(13)34-20(24)25)29-19(33)15-9-18-30-14(10-1-3-11(23)4-2-10)8-17(21(26,27)28)32(18)31-15/h1-9,20H,(H,29,33). The van der Waals surface area contributed by atoms with Crippen LogP contribution in [0.1, 0.15) is 16.2 Å². The van der Waals surface area contributed by atoms with E-state index in [0.29, 0.717) is 4.52 Å². The molecule has 6 nitrogen and oxygen atoms in total. The van der Waals surface area contributed by atoms with Gasteiger partial charge in [-0.15, -0.1) is 0 Å². The fourth-order valence-corrected chi connectivity index (χ4v) is 3.25. The summed E-state index contributed by atoms with van der Waals surface area (Å²) in [6, 6.07) is 9.88. The second-order valence-corrected chi connectivity index (χ2v) is 7.22. The van der Waals surface area contributed by atoms with Crippen LogP contribution in [0.2, 0.25) is 5.02 Å². The van der Waals surface area contributed by atoms with E-state index in [1.807, 2.05) is 0 Å². The normalized spacial score (nSPS) is 11.8. The molecule has 0 saturated carbocycles. The first-order chi connectivity index (χ1) is 16.0. The number of hydrogen-bond donors (Lipinski definition) is 1. The van der Waals surface area contributed by atoms with Gasteiger partial charge in [0, 0.05) is 17.3 Å². The Bertz CT molecular complexity index is 1370. The zero-order valence-corrected chi connectivity index (χ0v) is 17.3. The third-order valence-corrected chi connectivity index (χ3v) is 4.79. The lowest BCUT2D eigenvalue weighted by molar-refractivity contribution is -0.142. The SMILES string of the molecule is O=C(Nc1ccc(OC(F)F)c(Cl)c1)c1cc2nc(-c3ccc(F)cc3)cc(C(F)(F)F)n2n1. The van der Waals surface area contributed by atoms with Gasteiger partial charge < -0.3 is 10.1 Å². The lowest BCUT2D eigenvalue weighted by atomic mass is 10.1. The van der Waals surface area contributed by atoms with Crippen LogP contribution in [0.25, 0.3) is 16.9 Å². The molecule has 0 bridgehead atoms. The minimum absolute atomic E-state index is 0.0599. The van der Waals surface area contributed by atoms with Gasteiger partial charge in [0.15, 0.2) is 17.0 Å². The zero-order chi connectivity index (χ0) is 24.6. The first-order valence-corrected chi connectivity index (χ1v) is 9.69. The molecule has 0 fully saturated rings. The van der Waals surface area contributed by atoms with Crippen LogP contribution >= 0.6 is 11.6 Å². The van der Waals surface area contributed by atoms with Crippen molar-refractivity contribution in [3.63, 3.8) is 0 Å². The number of nitrogens with one attached hydrogen (secondary N) is 1. The van der Waals surface area contributed by atoms with E-state index in [4.69, 9.17) is 11.6 Å². The van der Waals surface area contributed by atoms with Gasteiger partial charge in [-0.05, 0) is 48.5 Å². The molecule has 4 rings (SSSR count). The van der Waals surface area contributed by atoms with Crippen LogP contribution in [0, 0.1) is 5.82 Å². The van der Waals surface area contributed by atoms with Gasteiger partial charge in [0.2, 0.25) is 0 Å². The Labute approximate surface area is 191 Å². The second kappa shape index (κ2) is 8.86. The summed E-state index contributed by atoms with van der Waals surface area (Å²) in [7, 11) is 0. The smallest absolute Gasteiger partial charge is 0.433 e. The highest BCUT2D eigenvalue weighted by Gasteiger charge is 2.35. The molecule has 4 aromatic rings. The van der Waals surface area contributed by atoms with Gasteiger partial charge in [0.1, 0.15) is 11.6 Å². The summed E-state index contributed by atoms with van der Waals surface area (Å²) >= 11 is 5.84. The highest BCUT2D eigenvalue weighted by atomic mass is 35.5. The summed E-state index contributed by atoms with van der Waals surface area (Å²) in [6.07, 6.45) is -4.84. The fraction of sp³-hybridized carbons (Fsp3) is 0.0952. The maximum absolute atomic E-state index is 13.7. The first-order valence-electron chi connectivity index (χ1n) is 9.31. The number of hydrogen-bond acceptors (Lipinski definition) is 4. The maximum Gasteiger partial charge on any atom is 0.433 e. The van der Waals surface area contributed by atoms with Crippen molar-refractivity contribution >= 4 is 28.8 Å². The van der Waals surface area contributed by atoms with Crippen molar-refractivity contribution in [1.29, 1.82) is 0 Å². The summed E-state index contributed by atoms with van der Waals surface area (Å²) in [6.45, 7) is -3.11. The minimum atomic E-state index is -4.84. The molecule has 0 radical (unpaired) electrons. The van der Waals surface area contributed by atoms with Gasteiger partial charge in [-0.25, -0.2) is 13.9 Å². The van der Waals surface area contributed by atoms with E-state index in [0.717, 1.165) is 36.4 Å². The van der Waals surface area contributed by atoms with Crippen molar-refractivity contribution in [2.24, 2.45) is 0 Å². The molecular formula is C21H11ClF6N4O2. The van der Waals surface area contributed by atoms with E-state index >= 15 is 0 Å². The molecule has 2 aromatic heterocycles. The summed E-state index contributed by atoms with van der Waals surface area (Å²) in [5.41, 5.74) is -1.70. The molecule has 176 valence electrons. The average molecular weight is 501 g/mol. The molecule has 1 amide bonds. The number of rotatable bonds is 5. The van der Waals surface area contributed by atoms with Crippen LogP contribution in [0.5, 0.6) is 5.75 Å². The highest BCUT2D eigenvalue weighted by Crippen LogP contribution is 2.33. The van der Waals surface area contributed by atoms with Gasteiger partial charge in [0.25, 0.3) is 5.91 Å². The van der Waals surface area contributed by atoms with E-state index in [1.165, 1.54) is 18.2 Å². The molecule has 0 aliphatic heterocycles. The van der Waals surface area contributed by atoms with Crippen molar-refractivity contribution in [3.05, 3.63) is 76.8 Å². The zero-order valence-electron chi connectivity index (χ0n) is 16.6. The quantitative estimate of drug-likeness (QED) is 0.338. The number of aromatic nitrogens is 3. The number of carbonyl (C=O) groups is 1. The monoisotopic (exact) mass is 500 g/mol. The molecular weight excluding hydrogens is 490 g/mol. The van der Waals surface area contributed by atoms with Crippen molar-refractivity contribution in [3.8, 4) is 17.0 Å². The molecule has 0 aliphatic rings. The average Bonchev–Trinajstić information content (AvgIpc) is 3.19. The number of benzene rings is 2. The maximum atomic E-state index is 13.7. The molecule has 2 heterocycles. The predicted octanol–water partition coefficient (Wildman–Crippen LogP) is 6.06. The molecule has 0 aliphatic carbocycles.